The molecule has 0 saturated carbocycles. The van der Waals surface area contributed by atoms with Gasteiger partial charge in [-0.05, 0) is 28.1 Å². The second-order valence-electron chi connectivity index (χ2n) is 3.05. The Morgan fingerprint density at radius 1 is 1.69 bits per heavy atom. The van der Waals surface area contributed by atoms with Gasteiger partial charge in [-0.25, -0.2) is 4.39 Å². The van der Waals surface area contributed by atoms with Crippen molar-refractivity contribution < 1.29 is 13.9 Å². The van der Waals surface area contributed by atoms with E-state index >= 15 is 0 Å². The summed E-state index contributed by atoms with van der Waals surface area (Å²) in [6, 6.07) is 4.42. The van der Waals surface area contributed by atoms with Crippen molar-refractivity contribution in [3.8, 4) is 0 Å². The fraction of sp³-hybridized carbons (Fsp3) is 0.300. The quantitative estimate of drug-likeness (QED) is 0.883. The second kappa shape index (κ2) is 5.93. The molecule has 1 atom stereocenters. The van der Waals surface area contributed by atoms with Gasteiger partial charge in [0.15, 0.2) is 0 Å². The summed E-state index contributed by atoms with van der Waals surface area (Å²) in [6.45, 7) is 0.0361. The Balaban J connectivity index is 2.84. The number of nitrogens with one attached hydrogen (secondary N) is 1. The van der Waals surface area contributed by atoms with Crippen molar-refractivity contribution >= 4 is 27.5 Å². The predicted octanol–water partition coefficient (Wildman–Crippen LogP) is 1.50. The summed E-state index contributed by atoms with van der Waals surface area (Å²) in [7, 11) is 1.37. The molecule has 0 aliphatic carbocycles. The zero-order chi connectivity index (χ0) is 12.1. The summed E-state index contributed by atoms with van der Waals surface area (Å²) in [5, 5.41) is 2.41. The average molecular weight is 291 g/mol. The molecule has 0 aliphatic rings. The van der Waals surface area contributed by atoms with Gasteiger partial charge in [0.05, 0.1) is 5.69 Å². The van der Waals surface area contributed by atoms with E-state index in [1.165, 1.54) is 19.2 Å². The number of nitrogens with two attached hydrogens (primary N) is 1. The summed E-state index contributed by atoms with van der Waals surface area (Å²) < 4.78 is 18.7. The first kappa shape index (κ1) is 13.1. The molecule has 6 heteroatoms. The van der Waals surface area contributed by atoms with Gasteiger partial charge >= 0.3 is 0 Å². The number of carbonyl (C=O) groups excluding carboxylic acids is 1. The average Bonchev–Trinajstić information content (AvgIpc) is 2.25. The number of ether oxygens (including phenoxy) is 1. The van der Waals surface area contributed by atoms with Crippen LogP contribution in [0, 0.1) is 5.82 Å². The van der Waals surface area contributed by atoms with Gasteiger partial charge in [0.2, 0.25) is 0 Å². The van der Waals surface area contributed by atoms with Crippen molar-refractivity contribution in [1.29, 1.82) is 0 Å². The number of hydrogen-bond donors (Lipinski definition) is 2. The van der Waals surface area contributed by atoms with Crippen LogP contribution < -0.4 is 11.1 Å². The molecule has 0 saturated heterocycles. The number of benzene rings is 1. The van der Waals surface area contributed by atoms with Crippen LogP contribution in [0.1, 0.15) is 0 Å². The van der Waals surface area contributed by atoms with Gasteiger partial charge in [-0.3, -0.25) is 4.79 Å². The van der Waals surface area contributed by atoms with Crippen molar-refractivity contribution in [2.24, 2.45) is 5.73 Å². The molecule has 1 amide bonds. The van der Waals surface area contributed by atoms with E-state index in [1.807, 2.05) is 0 Å². The Kier molecular flexibility index (Phi) is 4.85. The van der Waals surface area contributed by atoms with E-state index in [2.05, 4.69) is 21.2 Å². The molecule has 0 fully saturated rings. The van der Waals surface area contributed by atoms with Gasteiger partial charge in [-0.2, -0.15) is 0 Å². The maximum absolute atomic E-state index is 13.4. The number of para-hydroxylation sites is 1. The molecule has 3 N–H and O–H groups in total. The van der Waals surface area contributed by atoms with Crippen LogP contribution in [-0.2, 0) is 9.53 Å². The van der Waals surface area contributed by atoms with Crippen LogP contribution in [0.4, 0.5) is 10.1 Å². The number of rotatable bonds is 4. The summed E-state index contributed by atoms with van der Waals surface area (Å²) in [5.41, 5.74) is 5.41. The van der Waals surface area contributed by atoms with Gasteiger partial charge in [0.25, 0.3) is 5.91 Å². The highest BCUT2D eigenvalue weighted by molar-refractivity contribution is 9.10. The van der Waals surface area contributed by atoms with E-state index < -0.39 is 17.8 Å². The van der Waals surface area contributed by atoms with Crippen LogP contribution in [0.5, 0.6) is 0 Å². The van der Waals surface area contributed by atoms with Crippen molar-refractivity contribution in [2.45, 2.75) is 6.10 Å². The highest BCUT2D eigenvalue weighted by Crippen LogP contribution is 2.25. The molecule has 88 valence electrons. The van der Waals surface area contributed by atoms with Crippen LogP contribution in [0.3, 0.4) is 0 Å². The topological polar surface area (TPSA) is 64.3 Å². The van der Waals surface area contributed by atoms with Crippen molar-refractivity contribution in [2.75, 3.05) is 19.0 Å². The number of methoxy groups -OCH3 is 1. The molecule has 0 aliphatic heterocycles. The Morgan fingerprint density at radius 2 is 2.38 bits per heavy atom. The third-order valence-corrected chi connectivity index (χ3v) is 2.66. The Labute approximate surface area is 101 Å². The summed E-state index contributed by atoms with van der Waals surface area (Å²) in [6.07, 6.45) is -0.786. The van der Waals surface area contributed by atoms with Gasteiger partial charge in [0.1, 0.15) is 11.9 Å². The normalized spacial score (nSPS) is 12.2. The molecule has 1 unspecified atom stereocenters. The molecular weight excluding hydrogens is 279 g/mol. The fourth-order valence-electron chi connectivity index (χ4n) is 1.13. The molecule has 0 aromatic heterocycles. The predicted molar refractivity (Wildman–Crippen MR) is 62.6 cm³/mol. The molecular formula is C10H12BrFN2O2. The van der Waals surface area contributed by atoms with Gasteiger partial charge < -0.3 is 15.8 Å². The molecule has 0 spiro atoms. The van der Waals surface area contributed by atoms with Gasteiger partial charge in [-0.1, -0.05) is 6.07 Å². The zero-order valence-corrected chi connectivity index (χ0v) is 10.3. The van der Waals surface area contributed by atoms with E-state index in [0.717, 1.165) is 0 Å². The Morgan fingerprint density at radius 3 is 2.88 bits per heavy atom. The van der Waals surface area contributed by atoms with Crippen LogP contribution in [0.2, 0.25) is 0 Å². The van der Waals surface area contributed by atoms with E-state index in [1.54, 1.807) is 6.07 Å². The maximum Gasteiger partial charge on any atom is 0.254 e. The highest BCUT2D eigenvalue weighted by atomic mass is 79.9. The smallest absolute Gasteiger partial charge is 0.254 e. The molecule has 4 nitrogen and oxygen atoms in total. The van der Waals surface area contributed by atoms with Gasteiger partial charge in [-0.15, -0.1) is 0 Å². The molecule has 0 bridgehead atoms. The lowest BCUT2D eigenvalue weighted by molar-refractivity contribution is -0.125. The number of amides is 1. The summed E-state index contributed by atoms with van der Waals surface area (Å²) in [5.74, 6) is -0.995. The lowest BCUT2D eigenvalue weighted by atomic mass is 10.2. The maximum atomic E-state index is 13.4. The first-order valence-electron chi connectivity index (χ1n) is 4.58. The second-order valence-corrected chi connectivity index (χ2v) is 3.90. The molecule has 0 heterocycles. The SMILES string of the molecule is COC(CN)C(=O)Nc1c(F)cccc1Br. The number of anilines is 1. The number of halogens is 2. The first-order valence-corrected chi connectivity index (χ1v) is 5.37. The van der Waals surface area contributed by atoms with E-state index in [0.29, 0.717) is 4.47 Å². The number of hydrogen-bond acceptors (Lipinski definition) is 3. The first-order chi connectivity index (χ1) is 7.60. The van der Waals surface area contributed by atoms with E-state index in [9.17, 15) is 9.18 Å². The molecule has 16 heavy (non-hydrogen) atoms. The lowest BCUT2D eigenvalue weighted by Gasteiger charge is -2.14. The van der Waals surface area contributed by atoms with Crippen molar-refractivity contribution in [3.63, 3.8) is 0 Å². The summed E-state index contributed by atoms with van der Waals surface area (Å²) in [4.78, 5) is 11.6. The number of carbonyl (C=O) groups is 1. The highest BCUT2D eigenvalue weighted by Gasteiger charge is 2.18. The molecule has 0 radical (unpaired) electrons. The minimum atomic E-state index is -0.786. The van der Waals surface area contributed by atoms with Crippen LogP contribution in [-0.4, -0.2) is 25.7 Å². The van der Waals surface area contributed by atoms with Crippen LogP contribution in [0.25, 0.3) is 0 Å². The largest absolute Gasteiger partial charge is 0.370 e. The third-order valence-electron chi connectivity index (χ3n) is 2.00. The molecule has 1 aromatic rings. The third kappa shape index (κ3) is 3.01. The van der Waals surface area contributed by atoms with E-state index in [-0.39, 0.29) is 12.2 Å². The Bertz CT molecular complexity index is 363. The Hall–Kier alpha value is -0.980. The van der Waals surface area contributed by atoms with E-state index in [4.69, 9.17) is 10.5 Å². The van der Waals surface area contributed by atoms with Crippen molar-refractivity contribution in [1.82, 2.24) is 0 Å². The molecule has 1 aromatic carbocycles. The monoisotopic (exact) mass is 290 g/mol. The standard InChI is InChI=1S/C10H12BrFN2O2/c1-16-8(5-13)10(15)14-9-6(11)3-2-4-7(9)12/h2-4,8H,5,13H2,1H3,(H,14,15). The minimum Gasteiger partial charge on any atom is -0.370 e. The molecule has 1 rings (SSSR count). The zero-order valence-electron chi connectivity index (χ0n) is 8.67. The lowest BCUT2D eigenvalue weighted by Crippen LogP contribution is -2.36. The van der Waals surface area contributed by atoms with Crippen LogP contribution in [0.15, 0.2) is 22.7 Å². The van der Waals surface area contributed by atoms with Crippen LogP contribution >= 0.6 is 15.9 Å². The summed E-state index contributed by atoms with van der Waals surface area (Å²) >= 11 is 3.14. The van der Waals surface area contributed by atoms with Gasteiger partial charge in [0, 0.05) is 18.1 Å². The van der Waals surface area contributed by atoms with Crippen molar-refractivity contribution in [3.05, 3.63) is 28.5 Å². The minimum absolute atomic E-state index is 0.0361. The fourth-order valence-corrected chi connectivity index (χ4v) is 1.57.